The van der Waals surface area contributed by atoms with Crippen molar-refractivity contribution in [2.24, 2.45) is 0 Å². The van der Waals surface area contributed by atoms with Gasteiger partial charge in [0.15, 0.2) is 5.78 Å². The topological polar surface area (TPSA) is 29.1 Å². The number of Topliss-reactive ketones (excluding diaryl/α,β-unsaturated/α-hetero) is 1. The van der Waals surface area contributed by atoms with Crippen LogP contribution in [0.3, 0.4) is 0 Å². The van der Waals surface area contributed by atoms with Gasteiger partial charge in [-0.1, -0.05) is 19.1 Å². The zero-order chi connectivity index (χ0) is 8.81. The second-order valence-electron chi connectivity index (χ2n) is 2.89. The molecule has 1 rings (SSSR count). The second kappa shape index (κ2) is 4.75. The molecule has 12 heavy (non-hydrogen) atoms. The zero-order valence-electron chi connectivity index (χ0n) is 7.47. The maximum atomic E-state index is 11.4. The number of ketones is 1. The Morgan fingerprint density at radius 3 is 3.25 bits per heavy atom. The fourth-order valence-corrected chi connectivity index (χ4v) is 1.14. The molecule has 0 unspecified atom stereocenters. The van der Waals surface area contributed by atoms with Crippen molar-refractivity contribution in [2.75, 3.05) is 6.54 Å². The van der Waals surface area contributed by atoms with Crippen molar-refractivity contribution in [2.45, 2.75) is 26.2 Å². The first-order valence-electron chi connectivity index (χ1n) is 4.48. The number of hydrogen-bond donors (Lipinski definition) is 1. The number of allylic oxidation sites excluding steroid dienone is 3. The summed E-state index contributed by atoms with van der Waals surface area (Å²) in [6.45, 7) is 2.97. The lowest BCUT2D eigenvalue weighted by atomic mass is 10.1. The first-order chi connectivity index (χ1) is 5.84. The summed E-state index contributed by atoms with van der Waals surface area (Å²) < 4.78 is 0. The summed E-state index contributed by atoms with van der Waals surface area (Å²) in [4.78, 5) is 11.4. The highest BCUT2D eigenvalue weighted by atomic mass is 16.1. The molecule has 2 nitrogen and oxygen atoms in total. The molecule has 1 heterocycles. The van der Waals surface area contributed by atoms with Crippen LogP contribution in [0.5, 0.6) is 0 Å². The maximum absolute atomic E-state index is 11.4. The molecular weight excluding hydrogens is 150 g/mol. The average Bonchev–Trinajstić information content (AvgIpc) is 2.27. The predicted molar refractivity (Wildman–Crippen MR) is 49.8 cm³/mol. The van der Waals surface area contributed by atoms with Gasteiger partial charge < -0.3 is 5.32 Å². The van der Waals surface area contributed by atoms with Gasteiger partial charge in [0.25, 0.3) is 0 Å². The van der Waals surface area contributed by atoms with Crippen LogP contribution in [-0.2, 0) is 4.79 Å². The van der Waals surface area contributed by atoms with Crippen molar-refractivity contribution < 1.29 is 4.79 Å². The maximum Gasteiger partial charge on any atom is 0.164 e. The average molecular weight is 165 g/mol. The van der Waals surface area contributed by atoms with Crippen LogP contribution in [-0.4, -0.2) is 12.3 Å². The molecule has 0 saturated carbocycles. The molecule has 0 aromatic rings. The van der Waals surface area contributed by atoms with E-state index in [1.807, 2.05) is 18.4 Å². The summed E-state index contributed by atoms with van der Waals surface area (Å²) in [6, 6.07) is 0. The molecule has 1 aliphatic heterocycles. The van der Waals surface area contributed by atoms with E-state index in [1.165, 1.54) is 0 Å². The predicted octanol–water partition coefficient (Wildman–Crippen LogP) is 1.79. The first-order valence-corrected chi connectivity index (χ1v) is 4.48. The van der Waals surface area contributed by atoms with E-state index < -0.39 is 0 Å². The van der Waals surface area contributed by atoms with Gasteiger partial charge in [-0.3, -0.25) is 4.79 Å². The molecule has 0 aromatic carbocycles. The van der Waals surface area contributed by atoms with Gasteiger partial charge in [0.1, 0.15) is 0 Å². The lowest BCUT2D eigenvalue weighted by Gasteiger charge is -1.94. The summed E-state index contributed by atoms with van der Waals surface area (Å²) in [5.74, 6) is 0.254. The third-order valence-corrected chi connectivity index (χ3v) is 1.84. The number of hydrogen-bond acceptors (Lipinski definition) is 2. The fraction of sp³-hybridized carbons (Fsp3) is 0.500. The van der Waals surface area contributed by atoms with E-state index in [0.29, 0.717) is 6.42 Å². The van der Waals surface area contributed by atoms with Gasteiger partial charge in [-0.2, -0.15) is 0 Å². The standard InChI is InChI=1S/C10H15NO/c1-2-3-5-9-8-11-7-4-6-10(9)12/h3,5,8,11H,2,4,6-7H2,1H3/b5-3+. The van der Waals surface area contributed by atoms with Crippen LogP contribution < -0.4 is 5.32 Å². The molecule has 1 aliphatic rings. The van der Waals surface area contributed by atoms with Crippen LogP contribution in [0.4, 0.5) is 0 Å². The highest BCUT2D eigenvalue weighted by Crippen LogP contribution is 2.07. The smallest absolute Gasteiger partial charge is 0.164 e. The van der Waals surface area contributed by atoms with Gasteiger partial charge >= 0.3 is 0 Å². The monoisotopic (exact) mass is 165 g/mol. The number of nitrogens with one attached hydrogen (secondary N) is 1. The molecule has 0 radical (unpaired) electrons. The molecule has 0 fully saturated rings. The van der Waals surface area contributed by atoms with Crippen LogP contribution in [0.2, 0.25) is 0 Å². The Labute approximate surface area is 73.4 Å². The summed E-state index contributed by atoms with van der Waals surface area (Å²) in [5.41, 5.74) is 0.814. The molecule has 0 bridgehead atoms. The third kappa shape index (κ3) is 2.53. The van der Waals surface area contributed by atoms with Gasteiger partial charge in [0, 0.05) is 24.7 Å². The molecule has 0 spiro atoms. The summed E-state index contributed by atoms with van der Waals surface area (Å²) in [5, 5.41) is 3.10. The van der Waals surface area contributed by atoms with Gasteiger partial charge in [-0.05, 0) is 12.8 Å². The Morgan fingerprint density at radius 2 is 2.50 bits per heavy atom. The van der Waals surface area contributed by atoms with E-state index in [2.05, 4.69) is 12.2 Å². The first kappa shape index (κ1) is 9.04. The van der Waals surface area contributed by atoms with Crippen LogP contribution in [0.25, 0.3) is 0 Å². The van der Waals surface area contributed by atoms with Crippen molar-refractivity contribution in [3.05, 3.63) is 23.9 Å². The van der Waals surface area contributed by atoms with Crippen LogP contribution in [0.1, 0.15) is 26.2 Å². The summed E-state index contributed by atoms with van der Waals surface area (Å²) in [6.07, 6.45) is 8.33. The van der Waals surface area contributed by atoms with Gasteiger partial charge in [-0.25, -0.2) is 0 Å². The van der Waals surface area contributed by atoms with Crippen molar-refractivity contribution in [3.8, 4) is 0 Å². The van der Waals surface area contributed by atoms with Gasteiger partial charge in [0.05, 0.1) is 0 Å². The van der Waals surface area contributed by atoms with E-state index in [0.717, 1.165) is 25.0 Å². The minimum Gasteiger partial charge on any atom is -0.390 e. The molecule has 0 saturated heterocycles. The Hall–Kier alpha value is -1.05. The number of carbonyl (C=O) groups excluding carboxylic acids is 1. The molecule has 0 aliphatic carbocycles. The van der Waals surface area contributed by atoms with Gasteiger partial charge in [-0.15, -0.1) is 0 Å². The zero-order valence-corrected chi connectivity index (χ0v) is 7.47. The quantitative estimate of drug-likeness (QED) is 0.676. The summed E-state index contributed by atoms with van der Waals surface area (Å²) in [7, 11) is 0. The minimum atomic E-state index is 0.254. The largest absolute Gasteiger partial charge is 0.390 e. The van der Waals surface area contributed by atoms with E-state index >= 15 is 0 Å². The van der Waals surface area contributed by atoms with Crippen LogP contribution in [0, 0.1) is 0 Å². The number of rotatable bonds is 2. The third-order valence-electron chi connectivity index (χ3n) is 1.84. The Kier molecular flexibility index (Phi) is 3.58. The summed E-state index contributed by atoms with van der Waals surface area (Å²) >= 11 is 0. The van der Waals surface area contributed by atoms with Crippen molar-refractivity contribution in [1.29, 1.82) is 0 Å². The normalized spacial score (nSPS) is 18.8. The van der Waals surface area contributed by atoms with E-state index in [1.54, 1.807) is 0 Å². The Morgan fingerprint density at radius 1 is 1.67 bits per heavy atom. The van der Waals surface area contributed by atoms with Crippen molar-refractivity contribution >= 4 is 5.78 Å². The highest BCUT2D eigenvalue weighted by molar-refractivity contribution is 5.98. The highest BCUT2D eigenvalue weighted by Gasteiger charge is 2.08. The van der Waals surface area contributed by atoms with E-state index in [9.17, 15) is 4.79 Å². The lowest BCUT2D eigenvalue weighted by molar-refractivity contribution is -0.115. The van der Waals surface area contributed by atoms with E-state index in [-0.39, 0.29) is 5.78 Å². The fourth-order valence-electron chi connectivity index (χ4n) is 1.14. The molecule has 0 aromatic heterocycles. The molecule has 0 atom stereocenters. The van der Waals surface area contributed by atoms with Crippen molar-refractivity contribution in [3.63, 3.8) is 0 Å². The minimum absolute atomic E-state index is 0.254. The Bertz CT molecular complexity index is 216. The van der Waals surface area contributed by atoms with Crippen LogP contribution >= 0.6 is 0 Å². The lowest BCUT2D eigenvalue weighted by Crippen LogP contribution is -2.04. The van der Waals surface area contributed by atoms with E-state index in [4.69, 9.17) is 0 Å². The SMILES string of the molecule is CC/C=C/C1=CNCCCC1=O. The molecular formula is C10H15NO. The molecule has 1 N–H and O–H groups in total. The van der Waals surface area contributed by atoms with Crippen LogP contribution in [0.15, 0.2) is 23.9 Å². The van der Waals surface area contributed by atoms with Crippen molar-refractivity contribution in [1.82, 2.24) is 5.32 Å². The molecule has 66 valence electrons. The number of carbonyl (C=O) groups is 1. The molecule has 0 amide bonds. The second-order valence-corrected chi connectivity index (χ2v) is 2.89. The molecule has 2 heteroatoms. The van der Waals surface area contributed by atoms with Gasteiger partial charge in [0.2, 0.25) is 0 Å². The Balaban J connectivity index is 2.63.